The number of aryl methyl sites for hydroxylation is 1. The summed E-state index contributed by atoms with van der Waals surface area (Å²) in [6.07, 6.45) is -0.987. The molecule has 0 spiro atoms. The van der Waals surface area contributed by atoms with Crippen LogP contribution in [0.1, 0.15) is 12.0 Å². The van der Waals surface area contributed by atoms with E-state index in [1.807, 2.05) is 0 Å². The molecule has 0 aromatic carbocycles. The van der Waals surface area contributed by atoms with Gasteiger partial charge in [0.1, 0.15) is 18.2 Å². The van der Waals surface area contributed by atoms with E-state index >= 15 is 0 Å². The lowest BCUT2D eigenvalue weighted by Gasteiger charge is -2.23. The zero-order valence-electron chi connectivity index (χ0n) is 11.9. The number of carbonyl (C=O) groups excluding carboxylic acids is 1. The number of hydrogen-bond acceptors (Lipinski definition) is 3. The molecule has 4 nitrogen and oxygen atoms in total. The Bertz CT molecular complexity index is 661. The first-order valence-electron chi connectivity index (χ1n) is 6.73. The van der Waals surface area contributed by atoms with Gasteiger partial charge in [0.05, 0.1) is 6.20 Å². The molecule has 1 amide bonds. The molecule has 122 valence electrons. The van der Waals surface area contributed by atoms with Crippen LogP contribution >= 0.6 is 0 Å². The maximum Gasteiger partial charge on any atom is 0.406 e. The van der Waals surface area contributed by atoms with Crippen LogP contribution in [0.5, 0.6) is 0 Å². The highest BCUT2D eigenvalue weighted by Crippen LogP contribution is 2.21. The Balaban J connectivity index is 2.10. The lowest BCUT2D eigenvalue weighted by atomic mass is 10.1. The standard InChI is InChI=1S/C15H13F4N3O/c16-12-7-11(8-20-9-12)4-5-14(23)22(10-15(17,18)19)13-3-1-2-6-21-13/h1-3,6-9H,4-5,10H2. The van der Waals surface area contributed by atoms with Crippen LogP contribution in [0.25, 0.3) is 0 Å². The minimum atomic E-state index is -4.55. The summed E-state index contributed by atoms with van der Waals surface area (Å²) in [5.74, 6) is -1.38. The van der Waals surface area contributed by atoms with Crippen molar-refractivity contribution in [3.8, 4) is 0 Å². The molecule has 2 heterocycles. The van der Waals surface area contributed by atoms with Gasteiger partial charge in [0.2, 0.25) is 5.91 Å². The van der Waals surface area contributed by atoms with Gasteiger partial charge in [-0.15, -0.1) is 0 Å². The van der Waals surface area contributed by atoms with Crippen molar-refractivity contribution in [2.75, 3.05) is 11.4 Å². The van der Waals surface area contributed by atoms with Crippen LogP contribution in [0.4, 0.5) is 23.4 Å². The van der Waals surface area contributed by atoms with Gasteiger partial charge in [-0.3, -0.25) is 14.7 Å². The first-order chi connectivity index (χ1) is 10.8. The Morgan fingerprint density at radius 1 is 1.22 bits per heavy atom. The van der Waals surface area contributed by atoms with Crippen molar-refractivity contribution in [1.82, 2.24) is 9.97 Å². The molecule has 0 fully saturated rings. The lowest BCUT2D eigenvalue weighted by Crippen LogP contribution is -2.39. The van der Waals surface area contributed by atoms with Gasteiger partial charge in [-0.2, -0.15) is 13.2 Å². The predicted molar refractivity (Wildman–Crippen MR) is 75.2 cm³/mol. The van der Waals surface area contributed by atoms with Gasteiger partial charge in [0.25, 0.3) is 0 Å². The van der Waals surface area contributed by atoms with E-state index in [0.29, 0.717) is 10.5 Å². The minimum absolute atomic E-state index is 0.0767. The number of amides is 1. The zero-order valence-corrected chi connectivity index (χ0v) is 11.9. The van der Waals surface area contributed by atoms with Gasteiger partial charge in [-0.1, -0.05) is 6.07 Å². The molecule has 0 aliphatic heterocycles. The molecule has 2 aromatic heterocycles. The molecule has 2 aromatic rings. The maximum absolute atomic E-state index is 13.0. The van der Waals surface area contributed by atoms with Gasteiger partial charge in [-0.05, 0) is 30.2 Å². The SMILES string of the molecule is O=C(CCc1cncc(F)c1)N(CC(F)(F)F)c1ccccn1. The maximum atomic E-state index is 13.0. The average molecular weight is 327 g/mol. The topological polar surface area (TPSA) is 46.1 Å². The Morgan fingerprint density at radius 2 is 2.00 bits per heavy atom. The fraction of sp³-hybridized carbons (Fsp3) is 0.267. The molecule has 0 bridgehead atoms. The summed E-state index contributed by atoms with van der Waals surface area (Å²) < 4.78 is 51.1. The molecule has 23 heavy (non-hydrogen) atoms. The van der Waals surface area contributed by atoms with Crippen LogP contribution in [0.15, 0.2) is 42.9 Å². The van der Waals surface area contributed by atoms with E-state index in [4.69, 9.17) is 0 Å². The number of carbonyl (C=O) groups is 1. The van der Waals surface area contributed by atoms with E-state index in [0.717, 1.165) is 6.20 Å². The molecule has 2 rings (SSSR count). The third-order valence-corrected chi connectivity index (χ3v) is 2.95. The van der Waals surface area contributed by atoms with Gasteiger partial charge in [-0.25, -0.2) is 9.37 Å². The van der Waals surface area contributed by atoms with Crippen molar-refractivity contribution in [2.45, 2.75) is 19.0 Å². The summed E-state index contributed by atoms with van der Waals surface area (Å²) in [7, 11) is 0. The van der Waals surface area contributed by atoms with Gasteiger partial charge >= 0.3 is 6.18 Å². The van der Waals surface area contributed by atoms with Crippen molar-refractivity contribution in [1.29, 1.82) is 0 Å². The molecule has 0 aliphatic rings. The monoisotopic (exact) mass is 327 g/mol. The fourth-order valence-electron chi connectivity index (χ4n) is 1.97. The fourth-order valence-corrected chi connectivity index (χ4v) is 1.97. The molecule has 0 saturated heterocycles. The number of anilines is 1. The zero-order chi connectivity index (χ0) is 16.9. The lowest BCUT2D eigenvalue weighted by molar-refractivity contribution is -0.132. The van der Waals surface area contributed by atoms with E-state index in [-0.39, 0.29) is 18.7 Å². The summed E-state index contributed by atoms with van der Waals surface area (Å²) in [5, 5.41) is 0. The van der Waals surface area contributed by atoms with E-state index in [1.54, 1.807) is 0 Å². The quantitative estimate of drug-likeness (QED) is 0.793. The highest BCUT2D eigenvalue weighted by atomic mass is 19.4. The summed E-state index contributed by atoms with van der Waals surface area (Å²) in [5.41, 5.74) is 0.436. The first kappa shape index (κ1) is 16.9. The molecule has 0 N–H and O–H groups in total. The molecular weight excluding hydrogens is 314 g/mol. The highest BCUT2D eigenvalue weighted by molar-refractivity contribution is 5.92. The average Bonchev–Trinajstić information content (AvgIpc) is 2.50. The Kier molecular flexibility index (Phi) is 5.25. The van der Waals surface area contributed by atoms with E-state index in [9.17, 15) is 22.4 Å². The molecule has 8 heteroatoms. The second-order valence-electron chi connectivity index (χ2n) is 4.79. The highest BCUT2D eigenvalue weighted by Gasteiger charge is 2.34. The number of pyridine rings is 2. The minimum Gasteiger partial charge on any atom is -0.288 e. The van der Waals surface area contributed by atoms with Crippen LogP contribution in [-0.4, -0.2) is 28.6 Å². The number of hydrogen-bond donors (Lipinski definition) is 0. The number of rotatable bonds is 5. The van der Waals surface area contributed by atoms with Gasteiger partial charge in [0, 0.05) is 18.8 Å². The number of halogens is 4. The van der Waals surface area contributed by atoms with Crippen LogP contribution in [0.3, 0.4) is 0 Å². The smallest absolute Gasteiger partial charge is 0.288 e. The van der Waals surface area contributed by atoms with Crippen LogP contribution < -0.4 is 4.90 Å². The first-order valence-corrected chi connectivity index (χ1v) is 6.73. The normalized spacial score (nSPS) is 11.3. The third-order valence-electron chi connectivity index (χ3n) is 2.95. The molecule has 0 aliphatic carbocycles. The van der Waals surface area contributed by atoms with Crippen molar-refractivity contribution in [2.24, 2.45) is 0 Å². The third kappa shape index (κ3) is 5.32. The molecule has 0 unspecified atom stereocenters. The predicted octanol–water partition coefficient (Wildman–Crippen LogP) is 3.14. The van der Waals surface area contributed by atoms with Crippen molar-refractivity contribution < 1.29 is 22.4 Å². The van der Waals surface area contributed by atoms with E-state index < -0.39 is 24.4 Å². The number of aromatic nitrogens is 2. The van der Waals surface area contributed by atoms with E-state index in [2.05, 4.69) is 9.97 Å². The van der Waals surface area contributed by atoms with Crippen LogP contribution in [-0.2, 0) is 11.2 Å². The molecule has 0 radical (unpaired) electrons. The summed E-state index contributed by atoms with van der Waals surface area (Å²) >= 11 is 0. The summed E-state index contributed by atoms with van der Waals surface area (Å²) in [4.78, 5) is 20.1. The largest absolute Gasteiger partial charge is 0.406 e. The molecule has 0 saturated carbocycles. The van der Waals surface area contributed by atoms with Crippen molar-refractivity contribution in [3.05, 3.63) is 54.2 Å². The van der Waals surface area contributed by atoms with Crippen LogP contribution in [0.2, 0.25) is 0 Å². The Morgan fingerprint density at radius 3 is 2.61 bits per heavy atom. The molecule has 0 atom stereocenters. The number of nitrogens with zero attached hydrogens (tertiary/aromatic N) is 3. The second kappa shape index (κ2) is 7.17. The second-order valence-corrected chi connectivity index (χ2v) is 4.79. The van der Waals surface area contributed by atoms with Crippen LogP contribution in [0, 0.1) is 5.82 Å². The Labute approximate surface area is 129 Å². The van der Waals surface area contributed by atoms with Crippen molar-refractivity contribution >= 4 is 11.7 Å². The van der Waals surface area contributed by atoms with Gasteiger partial charge in [0.15, 0.2) is 0 Å². The Hall–Kier alpha value is -2.51. The van der Waals surface area contributed by atoms with E-state index in [1.165, 1.54) is 36.7 Å². The van der Waals surface area contributed by atoms with Crippen molar-refractivity contribution in [3.63, 3.8) is 0 Å². The number of alkyl halides is 3. The summed E-state index contributed by atoms with van der Waals surface area (Å²) in [6, 6.07) is 5.55. The molecular formula is C15H13F4N3O. The summed E-state index contributed by atoms with van der Waals surface area (Å²) in [6.45, 7) is -1.43. The van der Waals surface area contributed by atoms with Gasteiger partial charge < -0.3 is 0 Å².